The van der Waals surface area contributed by atoms with E-state index in [0.717, 1.165) is 16.4 Å². The molecule has 0 unspecified atom stereocenters. The van der Waals surface area contributed by atoms with E-state index in [-0.39, 0.29) is 17.4 Å². The highest BCUT2D eigenvalue weighted by Crippen LogP contribution is 2.29. The molecule has 1 heterocycles. The number of amides is 1. The van der Waals surface area contributed by atoms with Crippen molar-refractivity contribution in [2.24, 2.45) is 0 Å². The lowest BCUT2D eigenvalue weighted by atomic mass is 10.1. The predicted molar refractivity (Wildman–Crippen MR) is 111 cm³/mol. The van der Waals surface area contributed by atoms with Gasteiger partial charge in [-0.2, -0.15) is 8.78 Å². The van der Waals surface area contributed by atoms with Crippen LogP contribution in [0.15, 0.2) is 60.0 Å². The van der Waals surface area contributed by atoms with Gasteiger partial charge in [0, 0.05) is 30.2 Å². The molecule has 0 aliphatic rings. The first-order chi connectivity index (χ1) is 14.5. The molecular weight excluding hydrogens is 412 g/mol. The van der Waals surface area contributed by atoms with Crippen molar-refractivity contribution in [1.82, 2.24) is 14.9 Å². The third-order valence-corrected chi connectivity index (χ3v) is 4.99. The molecule has 1 N–H and O–H groups in total. The van der Waals surface area contributed by atoms with E-state index in [1.165, 1.54) is 24.9 Å². The Morgan fingerprint density at radius 1 is 1.23 bits per heavy atom. The van der Waals surface area contributed by atoms with Crippen LogP contribution in [0.5, 0.6) is 11.5 Å². The van der Waals surface area contributed by atoms with Crippen LogP contribution < -0.4 is 14.8 Å². The summed E-state index contributed by atoms with van der Waals surface area (Å²) in [5.41, 5.74) is 2.10. The first-order valence-electron chi connectivity index (χ1n) is 9.09. The monoisotopic (exact) mass is 433 g/mol. The Kier molecular flexibility index (Phi) is 7.29. The molecule has 0 aliphatic heterocycles. The maximum Gasteiger partial charge on any atom is 0.387 e. The van der Waals surface area contributed by atoms with E-state index in [1.807, 2.05) is 29.2 Å². The van der Waals surface area contributed by atoms with Crippen molar-refractivity contribution in [2.45, 2.75) is 18.2 Å². The van der Waals surface area contributed by atoms with Gasteiger partial charge in [0.1, 0.15) is 0 Å². The number of thioether (sulfide) groups is 1. The van der Waals surface area contributed by atoms with Gasteiger partial charge in [0.05, 0.1) is 7.11 Å². The Bertz CT molecular complexity index is 1010. The highest BCUT2D eigenvalue weighted by Gasteiger charge is 2.12. The number of aromatic nitrogens is 2. The van der Waals surface area contributed by atoms with E-state index < -0.39 is 6.61 Å². The number of nitrogens with one attached hydrogen (secondary N) is 1. The zero-order valence-electron chi connectivity index (χ0n) is 16.5. The molecule has 0 atom stereocenters. The molecule has 0 bridgehead atoms. The fourth-order valence-corrected chi connectivity index (χ4v) is 3.45. The normalized spacial score (nSPS) is 10.8. The van der Waals surface area contributed by atoms with Gasteiger partial charge in [-0.05, 0) is 48.6 Å². The second kappa shape index (κ2) is 10.1. The predicted octanol–water partition coefficient (Wildman–Crippen LogP) is 4.18. The highest BCUT2D eigenvalue weighted by molar-refractivity contribution is 7.98. The van der Waals surface area contributed by atoms with E-state index in [0.29, 0.717) is 18.5 Å². The van der Waals surface area contributed by atoms with Gasteiger partial charge in [0.2, 0.25) is 0 Å². The Morgan fingerprint density at radius 3 is 2.80 bits per heavy atom. The molecule has 3 aromatic rings. The number of rotatable bonds is 9. The van der Waals surface area contributed by atoms with Gasteiger partial charge in [-0.15, -0.1) is 0 Å². The van der Waals surface area contributed by atoms with Crippen molar-refractivity contribution < 1.29 is 23.0 Å². The summed E-state index contributed by atoms with van der Waals surface area (Å²) in [4.78, 5) is 16.8. The number of ether oxygens (including phenoxy) is 2. The van der Waals surface area contributed by atoms with Crippen molar-refractivity contribution in [3.8, 4) is 17.2 Å². The summed E-state index contributed by atoms with van der Waals surface area (Å²) in [6.07, 6.45) is 5.94. The number of halogens is 2. The fourth-order valence-electron chi connectivity index (χ4n) is 2.92. The summed E-state index contributed by atoms with van der Waals surface area (Å²) in [5, 5.41) is 3.68. The molecule has 158 valence electrons. The van der Waals surface area contributed by atoms with Gasteiger partial charge >= 0.3 is 6.61 Å². The molecule has 0 radical (unpaired) electrons. The third kappa shape index (κ3) is 5.29. The number of methoxy groups -OCH3 is 1. The van der Waals surface area contributed by atoms with E-state index >= 15 is 0 Å². The van der Waals surface area contributed by atoms with E-state index in [2.05, 4.69) is 15.0 Å². The van der Waals surface area contributed by atoms with Crippen LogP contribution in [0.2, 0.25) is 0 Å². The summed E-state index contributed by atoms with van der Waals surface area (Å²) in [5.74, 6) is -0.0294. The number of imidazole rings is 1. The molecule has 0 saturated carbocycles. The lowest BCUT2D eigenvalue weighted by Crippen LogP contribution is -2.25. The first-order valence-corrected chi connectivity index (χ1v) is 10.3. The minimum atomic E-state index is -2.94. The molecular formula is C21H21F2N3O3S. The van der Waals surface area contributed by atoms with Crippen molar-refractivity contribution in [1.29, 1.82) is 0 Å². The minimum Gasteiger partial charge on any atom is -0.493 e. The van der Waals surface area contributed by atoms with E-state index in [9.17, 15) is 13.6 Å². The van der Waals surface area contributed by atoms with Gasteiger partial charge in [-0.1, -0.05) is 23.9 Å². The zero-order valence-corrected chi connectivity index (χ0v) is 17.3. The second-order valence-electron chi connectivity index (χ2n) is 6.20. The smallest absolute Gasteiger partial charge is 0.387 e. The van der Waals surface area contributed by atoms with Crippen molar-refractivity contribution in [2.75, 3.05) is 19.9 Å². The van der Waals surface area contributed by atoms with Gasteiger partial charge < -0.3 is 14.8 Å². The highest BCUT2D eigenvalue weighted by atomic mass is 32.2. The number of carbonyl (C=O) groups excluding carboxylic acids is 1. The number of carbonyl (C=O) groups is 1. The van der Waals surface area contributed by atoms with Crippen molar-refractivity contribution >= 4 is 17.7 Å². The fraction of sp³-hybridized carbons (Fsp3) is 0.238. The number of hydrogen-bond acceptors (Lipinski definition) is 5. The molecule has 9 heteroatoms. The van der Waals surface area contributed by atoms with Crippen LogP contribution in [0, 0.1) is 0 Å². The standard InChI is InChI=1S/C21H21F2N3O3S/c1-28-17-7-6-14(12-18(17)29-20(22)23)8-9-24-19(27)15-4-3-5-16(13-15)26-11-10-25-21(26)30-2/h3-7,10-13,20H,8-9H2,1-2H3,(H,24,27). The summed E-state index contributed by atoms with van der Waals surface area (Å²) >= 11 is 1.52. The van der Waals surface area contributed by atoms with Crippen LogP contribution in [0.3, 0.4) is 0 Å². The molecule has 1 amide bonds. The largest absolute Gasteiger partial charge is 0.493 e. The summed E-state index contributed by atoms with van der Waals surface area (Å²) in [6, 6.07) is 12.0. The Labute approximate surface area is 177 Å². The molecule has 0 saturated heterocycles. The number of nitrogens with zero attached hydrogens (tertiary/aromatic N) is 2. The number of benzene rings is 2. The lowest BCUT2D eigenvalue weighted by Gasteiger charge is -2.12. The third-order valence-electron chi connectivity index (χ3n) is 4.32. The molecule has 30 heavy (non-hydrogen) atoms. The first kappa shape index (κ1) is 21.6. The Morgan fingerprint density at radius 2 is 2.07 bits per heavy atom. The number of alkyl halides is 2. The van der Waals surface area contributed by atoms with Crippen LogP contribution in [0.4, 0.5) is 8.78 Å². The van der Waals surface area contributed by atoms with Crippen LogP contribution in [-0.4, -0.2) is 42.0 Å². The van der Waals surface area contributed by atoms with Gasteiger partial charge in [0.15, 0.2) is 16.7 Å². The van der Waals surface area contributed by atoms with Gasteiger partial charge in [-0.3, -0.25) is 9.36 Å². The van der Waals surface area contributed by atoms with Gasteiger partial charge in [0.25, 0.3) is 5.91 Å². The molecule has 0 spiro atoms. The summed E-state index contributed by atoms with van der Waals surface area (Å²) in [6.45, 7) is -2.60. The van der Waals surface area contributed by atoms with Crippen LogP contribution in [0.25, 0.3) is 5.69 Å². The average Bonchev–Trinajstić information content (AvgIpc) is 3.22. The quantitative estimate of drug-likeness (QED) is 0.513. The Hall–Kier alpha value is -3.07. The van der Waals surface area contributed by atoms with Crippen LogP contribution >= 0.6 is 11.8 Å². The summed E-state index contributed by atoms with van der Waals surface area (Å²) < 4.78 is 36.5. The van der Waals surface area contributed by atoms with E-state index in [4.69, 9.17) is 4.74 Å². The molecule has 3 rings (SSSR count). The van der Waals surface area contributed by atoms with Crippen molar-refractivity contribution in [3.05, 3.63) is 66.0 Å². The molecule has 6 nitrogen and oxygen atoms in total. The minimum absolute atomic E-state index is 0.0334. The maximum absolute atomic E-state index is 12.6. The van der Waals surface area contributed by atoms with Crippen LogP contribution in [-0.2, 0) is 6.42 Å². The molecule has 1 aromatic heterocycles. The van der Waals surface area contributed by atoms with E-state index in [1.54, 1.807) is 30.5 Å². The topological polar surface area (TPSA) is 65.4 Å². The SMILES string of the molecule is COc1ccc(CCNC(=O)c2cccc(-n3ccnc3SC)c2)cc1OC(F)F. The Balaban J connectivity index is 1.63. The zero-order chi connectivity index (χ0) is 21.5. The molecule has 0 fully saturated rings. The average molecular weight is 433 g/mol. The van der Waals surface area contributed by atoms with Crippen molar-refractivity contribution in [3.63, 3.8) is 0 Å². The lowest BCUT2D eigenvalue weighted by molar-refractivity contribution is -0.0512. The van der Waals surface area contributed by atoms with Gasteiger partial charge in [-0.25, -0.2) is 4.98 Å². The number of hydrogen-bond donors (Lipinski definition) is 1. The maximum atomic E-state index is 12.6. The second-order valence-corrected chi connectivity index (χ2v) is 6.98. The van der Waals surface area contributed by atoms with Crippen LogP contribution in [0.1, 0.15) is 15.9 Å². The molecule has 0 aliphatic carbocycles. The molecule has 2 aromatic carbocycles. The summed E-state index contributed by atoms with van der Waals surface area (Å²) in [7, 11) is 1.38.